The summed E-state index contributed by atoms with van der Waals surface area (Å²) in [6.45, 7) is 9.48. The van der Waals surface area contributed by atoms with E-state index < -0.39 is 0 Å². The number of para-hydroxylation sites is 1. The lowest BCUT2D eigenvalue weighted by Crippen LogP contribution is -2.46. The number of benzene rings is 3. The first-order valence-electron chi connectivity index (χ1n) is 15.8. The third-order valence-electron chi connectivity index (χ3n) is 8.54. The number of nitrogens with zero attached hydrogens (tertiary/aromatic N) is 2. The van der Waals surface area contributed by atoms with E-state index in [-0.39, 0.29) is 31.1 Å². The zero-order valence-corrected chi connectivity index (χ0v) is 27.4. The van der Waals surface area contributed by atoms with Gasteiger partial charge in [-0.05, 0) is 105 Å². The van der Waals surface area contributed by atoms with E-state index in [9.17, 15) is 4.79 Å². The van der Waals surface area contributed by atoms with Crippen LogP contribution in [0.2, 0.25) is 0 Å². The van der Waals surface area contributed by atoms with Crippen LogP contribution >= 0.6 is 24.2 Å². The number of esters is 1. The Bertz CT molecular complexity index is 1300. The fraction of sp³-hybridized carbons (Fsp3) is 0.472. The summed E-state index contributed by atoms with van der Waals surface area (Å²) in [6, 6.07) is 23.1. The molecule has 0 radical (unpaired) electrons. The summed E-state index contributed by atoms with van der Waals surface area (Å²) in [4.78, 5) is 19.4. The van der Waals surface area contributed by atoms with Crippen molar-refractivity contribution >= 4 is 35.8 Å². The molecule has 0 aromatic heterocycles. The predicted octanol–water partition coefficient (Wildman–Crippen LogP) is 8.06. The van der Waals surface area contributed by atoms with Crippen molar-refractivity contribution in [1.29, 1.82) is 0 Å². The monoisotopic (exact) mass is 622 g/mol. The Morgan fingerprint density at radius 1 is 0.930 bits per heavy atom. The Balaban J connectivity index is 0.00000423. The summed E-state index contributed by atoms with van der Waals surface area (Å²) in [7, 11) is 0. The minimum atomic E-state index is -0.311. The summed E-state index contributed by atoms with van der Waals surface area (Å²) in [5, 5.41) is 0. The highest BCUT2D eigenvalue weighted by molar-refractivity contribution is 7.99. The molecule has 3 aromatic carbocycles. The van der Waals surface area contributed by atoms with Crippen molar-refractivity contribution in [3.8, 4) is 5.75 Å². The molecule has 0 bridgehead atoms. The van der Waals surface area contributed by atoms with E-state index >= 15 is 0 Å². The van der Waals surface area contributed by atoms with Gasteiger partial charge in [-0.1, -0.05) is 55.5 Å². The highest BCUT2D eigenvalue weighted by Crippen LogP contribution is 2.32. The highest BCUT2D eigenvalue weighted by Gasteiger charge is 2.22. The number of carbonyl (C=O) groups is 1. The van der Waals surface area contributed by atoms with Crippen LogP contribution in [0.15, 0.2) is 71.6 Å². The minimum Gasteiger partial charge on any atom is -0.482 e. The smallest absolute Gasteiger partial charge is 0.344 e. The molecular weight excluding hydrogens is 576 g/mol. The first-order valence-corrected chi connectivity index (χ1v) is 16.8. The van der Waals surface area contributed by atoms with E-state index in [0.717, 1.165) is 75.5 Å². The van der Waals surface area contributed by atoms with Crippen LogP contribution in [0.5, 0.6) is 5.75 Å². The van der Waals surface area contributed by atoms with Gasteiger partial charge in [0.05, 0.1) is 5.69 Å². The normalized spacial score (nSPS) is 15.7. The Morgan fingerprint density at radius 3 is 2.47 bits per heavy atom. The summed E-state index contributed by atoms with van der Waals surface area (Å²) in [6.07, 6.45) is 7.40. The molecule has 0 amide bonds. The predicted molar refractivity (Wildman–Crippen MR) is 181 cm³/mol. The van der Waals surface area contributed by atoms with E-state index in [1.165, 1.54) is 46.5 Å². The molecule has 1 fully saturated rings. The Morgan fingerprint density at radius 2 is 1.67 bits per heavy atom. The van der Waals surface area contributed by atoms with Gasteiger partial charge in [-0.2, -0.15) is 0 Å². The third kappa shape index (κ3) is 9.17. The molecule has 0 saturated carbocycles. The van der Waals surface area contributed by atoms with E-state index in [1.54, 1.807) is 0 Å². The number of aryl methyl sites for hydroxylation is 1. The van der Waals surface area contributed by atoms with Crippen molar-refractivity contribution in [1.82, 2.24) is 4.90 Å². The molecule has 1 atom stereocenters. The van der Waals surface area contributed by atoms with Crippen LogP contribution in [0.3, 0.4) is 0 Å². The number of ether oxygens (including phenoxy) is 2. The zero-order chi connectivity index (χ0) is 29.1. The minimum absolute atomic E-state index is 0. The maximum Gasteiger partial charge on any atom is 0.344 e. The van der Waals surface area contributed by atoms with Crippen LogP contribution in [0.25, 0.3) is 0 Å². The average Bonchev–Trinajstić information content (AvgIpc) is 3.04. The molecule has 0 N–H and O–H groups in total. The molecule has 1 saturated heterocycles. The van der Waals surface area contributed by atoms with E-state index in [0.29, 0.717) is 0 Å². The number of rotatable bonds is 13. The Labute approximate surface area is 268 Å². The fourth-order valence-electron chi connectivity index (χ4n) is 6.20. The number of fused-ring (bicyclic) bond motifs is 1. The largest absolute Gasteiger partial charge is 0.482 e. The van der Waals surface area contributed by atoms with Crippen molar-refractivity contribution in [3.63, 3.8) is 0 Å². The molecule has 1 unspecified atom stereocenters. The molecular formula is C36H47ClN2O3S. The van der Waals surface area contributed by atoms with Gasteiger partial charge in [0.1, 0.15) is 11.9 Å². The number of anilines is 1. The van der Waals surface area contributed by atoms with Gasteiger partial charge in [0.15, 0.2) is 6.61 Å². The SMILES string of the molecule is CCCSc1ccccc1N1CCN(CCCC(OC(=O)COc2ccc3c(c2C)CCCC3)c2ccccc2)CC1.Cl. The molecule has 7 heteroatoms. The van der Waals surface area contributed by atoms with Crippen LogP contribution in [-0.2, 0) is 22.4 Å². The van der Waals surface area contributed by atoms with Gasteiger partial charge in [0, 0.05) is 31.1 Å². The summed E-state index contributed by atoms with van der Waals surface area (Å²) in [5.41, 5.74) is 6.41. The number of piperazine rings is 1. The maximum atomic E-state index is 13.0. The van der Waals surface area contributed by atoms with E-state index in [4.69, 9.17) is 9.47 Å². The second-order valence-electron chi connectivity index (χ2n) is 11.5. The van der Waals surface area contributed by atoms with Crippen LogP contribution in [0.4, 0.5) is 5.69 Å². The molecule has 5 rings (SSSR count). The second kappa shape index (κ2) is 17.0. The molecule has 232 valence electrons. The number of carbonyl (C=O) groups excluding carboxylic acids is 1. The zero-order valence-electron chi connectivity index (χ0n) is 25.8. The summed E-state index contributed by atoms with van der Waals surface area (Å²) >= 11 is 1.96. The standard InChI is InChI=1S/C36H46N2O3S.ClH/c1-3-26-42-35-18-10-9-16-32(35)38-24-22-37(23-25-38)21-11-17-34(30-13-5-4-6-14-30)41-36(39)27-40-33-20-19-29-12-7-8-15-31(29)28(33)2;/h4-6,9-10,13-14,16,18-20,34H,3,7-8,11-12,15,17,21-27H2,1-2H3;1H. The van der Waals surface area contributed by atoms with E-state index in [1.807, 2.05) is 36.0 Å². The number of hydrogen-bond donors (Lipinski definition) is 0. The Hall–Kier alpha value is -2.67. The molecule has 1 aliphatic carbocycles. The molecule has 1 heterocycles. The van der Waals surface area contributed by atoms with Crippen LogP contribution < -0.4 is 9.64 Å². The van der Waals surface area contributed by atoms with Crippen LogP contribution in [0.1, 0.15) is 67.4 Å². The molecule has 43 heavy (non-hydrogen) atoms. The van der Waals surface area contributed by atoms with Gasteiger partial charge in [0.2, 0.25) is 0 Å². The average molecular weight is 623 g/mol. The number of hydrogen-bond acceptors (Lipinski definition) is 6. The van der Waals surface area contributed by atoms with Crippen LogP contribution in [-0.4, -0.2) is 56.0 Å². The second-order valence-corrected chi connectivity index (χ2v) is 12.6. The van der Waals surface area contributed by atoms with Gasteiger partial charge in [0.25, 0.3) is 0 Å². The fourth-order valence-corrected chi connectivity index (χ4v) is 7.15. The van der Waals surface area contributed by atoms with E-state index in [2.05, 4.69) is 66.1 Å². The highest BCUT2D eigenvalue weighted by atomic mass is 35.5. The van der Waals surface area contributed by atoms with Crippen molar-refractivity contribution in [3.05, 3.63) is 89.0 Å². The third-order valence-corrected chi connectivity index (χ3v) is 9.81. The quantitative estimate of drug-likeness (QED) is 0.142. The van der Waals surface area contributed by atoms with Crippen molar-refractivity contribution in [2.75, 3.05) is 50.0 Å². The molecule has 2 aliphatic rings. The number of halogens is 1. The Kier molecular flexibility index (Phi) is 13.1. The summed E-state index contributed by atoms with van der Waals surface area (Å²) in [5.74, 6) is 1.65. The van der Waals surface area contributed by atoms with Gasteiger partial charge >= 0.3 is 5.97 Å². The lowest BCUT2D eigenvalue weighted by atomic mass is 9.88. The molecule has 3 aromatic rings. The van der Waals surface area contributed by atoms with Crippen molar-refractivity contribution in [2.24, 2.45) is 0 Å². The molecule has 5 nitrogen and oxygen atoms in total. The lowest BCUT2D eigenvalue weighted by Gasteiger charge is -2.37. The first-order chi connectivity index (χ1) is 20.6. The van der Waals surface area contributed by atoms with Gasteiger partial charge < -0.3 is 14.4 Å². The number of thioether (sulfide) groups is 1. The lowest BCUT2D eigenvalue weighted by molar-refractivity contribution is -0.152. The maximum absolute atomic E-state index is 13.0. The van der Waals surface area contributed by atoms with Gasteiger partial charge in [-0.25, -0.2) is 4.79 Å². The topological polar surface area (TPSA) is 42.0 Å². The first kappa shape index (κ1) is 33.2. The van der Waals surface area contributed by atoms with Crippen molar-refractivity contribution in [2.45, 2.75) is 69.8 Å². The summed E-state index contributed by atoms with van der Waals surface area (Å²) < 4.78 is 12.0. The van der Waals surface area contributed by atoms with Crippen molar-refractivity contribution < 1.29 is 14.3 Å². The van der Waals surface area contributed by atoms with Gasteiger partial charge in [-0.3, -0.25) is 4.90 Å². The molecule has 0 spiro atoms. The van der Waals surface area contributed by atoms with Crippen LogP contribution in [0, 0.1) is 6.92 Å². The molecule has 1 aliphatic heterocycles. The van der Waals surface area contributed by atoms with Gasteiger partial charge in [-0.15, -0.1) is 24.2 Å².